The van der Waals surface area contributed by atoms with Crippen molar-refractivity contribution < 1.29 is 42.1 Å². The number of allylic oxidation sites excluding steroid dienone is 2. The van der Waals surface area contributed by atoms with Crippen molar-refractivity contribution in [3.8, 4) is 0 Å². The van der Waals surface area contributed by atoms with Crippen LogP contribution in [0.25, 0.3) is 0 Å². The van der Waals surface area contributed by atoms with Gasteiger partial charge in [0.1, 0.15) is 19.8 Å². The quantitative estimate of drug-likeness (QED) is 0.0195. The average molecular weight is 1310 g/mol. The second-order valence-electron chi connectivity index (χ2n) is 29.5. The van der Waals surface area contributed by atoms with E-state index in [4.69, 9.17) is 18.5 Å². The maximum Gasteiger partial charge on any atom is 0.306 e. The van der Waals surface area contributed by atoms with Crippen molar-refractivity contribution in [1.82, 2.24) is 0 Å². The van der Waals surface area contributed by atoms with Crippen LogP contribution in [-0.4, -0.2) is 70.0 Å². The van der Waals surface area contributed by atoms with Crippen molar-refractivity contribution >= 4 is 19.8 Å². The van der Waals surface area contributed by atoms with Crippen molar-refractivity contribution in [2.45, 2.75) is 450 Å². The van der Waals surface area contributed by atoms with Gasteiger partial charge in [0.05, 0.1) is 27.7 Å². The SMILES string of the molecule is CCCCCCCCCC/C=C\CCCCCCCCCCCCCCCCCC(=O)OC(COC(=O)CCCCCCCCCCCCCCCCCCCCCCCCCCCCCCCCCCCCCCCCCC)COP(=O)([O-])OCC[N+](C)(C)C. The molecule has 0 aliphatic heterocycles. The highest BCUT2D eigenvalue weighted by atomic mass is 31.2. The van der Waals surface area contributed by atoms with Gasteiger partial charge in [-0.15, -0.1) is 0 Å². The maximum absolute atomic E-state index is 12.9. The van der Waals surface area contributed by atoms with Crippen LogP contribution in [0.1, 0.15) is 444 Å². The first-order valence-corrected chi connectivity index (χ1v) is 42.4. The topological polar surface area (TPSA) is 111 Å². The number of hydrogen-bond donors (Lipinski definition) is 0. The van der Waals surface area contributed by atoms with Crippen molar-refractivity contribution in [3.05, 3.63) is 12.2 Å². The number of phosphoric acid groups is 1. The Labute approximate surface area is 568 Å². The van der Waals surface area contributed by atoms with Crippen LogP contribution in [0.3, 0.4) is 0 Å². The molecule has 0 aromatic rings. The zero-order chi connectivity index (χ0) is 66.2. The molecular weight excluding hydrogens is 1150 g/mol. The predicted molar refractivity (Wildman–Crippen MR) is 393 cm³/mol. The van der Waals surface area contributed by atoms with Gasteiger partial charge in [-0.3, -0.25) is 14.2 Å². The third-order valence-electron chi connectivity index (χ3n) is 19.0. The molecule has 0 aromatic heterocycles. The van der Waals surface area contributed by atoms with E-state index in [2.05, 4.69) is 26.0 Å². The summed E-state index contributed by atoms with van der Waals surface area (Å²) in [4.78, 5) is 38.2. The largest absolute Gasteiger partial charge is 0.756 e. The minimum atomic E-state index is -4.64. The first-order chi connectivity index (χ1) is 44.5. The zero-order valence-electron chi connectivity index (χ0n) is 62.1. The van der Waals surface area contributed by atoms with Crippen LogP contribution in [0, 0.1) is 0 Å². The third kappa shape index (κ3) is 77.6. The Bertz CT molecular complexity index is 1540. The molecule has 0 saturated heterocycles. The molecule has 0 spiro atoms. The first kappa shape index (κ1) is 89.8. The average Bonchev–Trinajstić information content (AvgIpc) is 3.74. The normalized spacial score (nSPS) is 13.0. The van der Waals surface area contributed by atoms with Crippen molar-refractivity contribution in [3.63, 3.8) is 0 Å². The molecule has 0 amide bonds. The lowest BCUT2D eigenvalue weighted by atomic mass is 10.0. The van der Waals surface area contributed by atoms with Gasteiger partial charge in [-0.05, 0) is 38.5 Å². The van der Waals surface area contributed by atoms with E-state index >= 15 is 0 Å². The second kappa shape index (κ2) is 73.0. The Morgan fingerprint density at radius 2 is 0.560 bits per heavy atom. The van der Waals surface area contributed by atoms with Gasteiger partial charge in [-0.25, -0.2) is 0 Å². The van der Waals surface area contributed by atoms with E-state index in [9.17, 15) is 19.0 Å². The number of unbranched alkanes of at least 4 members (excludes halogenated alkanes) is 62. The summed E-state index contributed by atoms with van der Waals surface area (Å²) < 4.78 is 34.4. The monoisotopic (exact) mass is 1310 g/mol. The van der Waals surface area contributed by atoms with Crippen LogP contribution in [0.5, 0.6) is 0 Å². The number of quaternary nitrogens is 1. The smallest absolute Gasteiger partial charge is 0.306 e. The molecule has 0 aliphatic rings. The van der Waals surface area contributed by atoms with E-state index < -0.39 is 26.5 Å². The van der Waals surface area contributed by atoms with E-state index in [-0.39, 0.29) is 32.0 Å². The Morgan fingerprint density at radius 3 is 0.813 bits per heavy atom. The van der Waals surface area contributed by atoms with Gasteiger partial charge in [0, 0.05) is 12.8 Å². The highest BCUT2D eigenvalue weighted by Crippen LogP contribution is 2.38. The van der Waals surface area contributed by atoms with E-state index in [0.717, 1.165) is 32.1 Å². The minimum absolute atomic E-state index is 0.0261. The molecule has 0 rings (SSSR count). The highest BCUT2D eigenvalue weighted by molar-refractivity contribution is 7.45. The van der Waals surface area contributed by atoms with Gasteiger partial charge < -0.3 is 27.9 Å². The van der Waals surface area contributed by atoms with Crippen molar-refractivity contribution in [2.75, 3.05) is 47.5 Å². The summed E-state index contributed by atoms with van der Waals surface area (Å²) >= 11 is 0. The highest BCUT2D eigenvalue weighted by Gasteiger charge is 2.22. The zero-order valence-corrected chi connectivity index (χ0v) is 63.0. The van der Waals surface area contributed by atoms with Crippen LogP contribution in [-0.2, 0) is 32.7 Å². The molecule has 2 unspecified atom stereocenters. The van der Waals surface area contributed by atoms with Crippen LogP contribution < -0.4 is 4.89 Å². The lowest BCUT2D eigenvalue weighted by Gasteiger charge is -2.28. The van der Waals surface area contributed by atoms with Crippen molar-refractivity contribution in [2.24, 2.45) is 0 Å². The molecule has 0 bridgehead atoms. The number of esters is 2. The molecule has 2 atom stereocenters. The third-order valence-corrected chi connectivity index (χ3v) is 20.0. The molecule has 542 valence electrons. The number of nitrogens with zero attached hydrogens (tertiary/aromatic N) is 1. The van der Waals surface area contributed by atoms with E-state index in [0.29, 0.717) is 17.4 Å². The molecule has 0 aliphatic carbocycles. The molecule has 0 saturated carbocycles. The van der Waals surface area contributed by atoms with Gasteiger partial charge in [0.2, 0.25) is 0 Å². The van der Waals surface area contributed by atoms with Gasteiger partial charge in [-0.1, -0.05) is 405 Å². The van der Waals surface area contributed by atoms with Gasteiger partial charge in [0.25, 0.3) is 7.82 Å². The summed E-state index contributed by atoms with van der Waals surface area (Å²) in [6.45, 7) is 4.34. The summed E-state index contributed by atoms with van der Waals surface area (Å²) in [5.41, 5.74) is 0. The molecule has 0 N–H and O–H groups in total. The van der Waals surface area contributed by atoms with Gasteiger partial charge in [0.15, 0.2) is 6.10 Å². The number of rotatable bonds is 78. The van der Waals surface area contributed by atoms with Crippen molar-refractivity contribution in [1.29, 1.82) is 0 Å². The van der Waals surface area contributed by atoms with E-state index in [1.54, 1.807) is 0 Å². The Morgan fingerprint density at radius 1 is 0.330 bits per heavy atom. The summed E-state index contributed by atoms with van der Waals surface area (Å²) in [7, 11) is 1.20. The van der Waals surface area contributed by atoms with E-state index in [1.807, 2.05) is 21.1 Å². The Balaban J connectivity index is 3.85. The van der Waals surface area contributed by atoms with Gasteiger partial charge in [-0.2, -0.15) is 0 Å². The minimum Gasteiger partial charge on any atom is -0.756 e. The molecule has 0 fully saturated rings. The number of phosphoric ester groups is 1. The number of hydrogen-bond acceptors (Lipinski definition) is 8. The number of ether oxygens (including phenoxy) is 2. The van der Waals surface area contributed by atoms with Crippen LogP contribution in [0.15, 0.2) is 12.2 Å². The first-order valence-electron chi connectivity index (χ1n) is 40.9. The van der Waals surface area contributed by atoms with Crippen LogP contribution in [0.2, 0.25) is 0 Å². The second-order valence-corrected chi connectivity index (χ2v) is 30.9. The maximum atomic E-state index is 12.9. The summed E-state index contributed by atoms with van der Waals surface area (Å²) in [6, 6.07) is 0. The summed E-state index contributed by atoms with van der Waals surface area (Å²) in [5.74, 6) is -0.804. The van der Waals surface area contributed by atoms with Crippen LogP contribution in [0.4, 0.5) is 0 Å². The fraction of sp³-hybridized carbons (Fsp3) is 0.951. The molecule has 9 nitrogen and oxygen atoms in total. The molecule has 0 aromatic carbocycles. The fourth-order valence-electron chi connectivity index (χ4n) is 12.8. The molecule has 0 radical (unpaired) electrons. The number of likely N-dealkylation sites (N-methyl/N-ethyl adjacent to an activating group) is 1. The van der Waals surface area contributed by atoms with Gasteiger partial charge >= 0.3 is 11.9 Å². The Hall–Kier alpha value is -1.25. The predicted octanol–water partition coefficient (Wildman–Crippen LogP) is 26.4. The number of carbonyl (C=O) groups excluding carboxylic acids is 2. The van der Waals surface area contributed by atoms with E-state index in [1.165, 1.54) is 379 Å². The summed E-state index contributed by atoms with van der Waals surface area (Å²) in [6.07, 6.45) is 92.2. The van der Waals surface area contributed by atoms with Crippen LogP contribution >= 0.6 is 7.82 Å². The molecule has 0 heterocycles. The molecular formula is C81H160NO8P. The fourth-order valence-corrected chi connectivity index (χ4v) is 13.5. The lowest BCUT2D eigenvalue weighted by Crippen LogP contribution is -2.37. The molecule has 10 heteroatoms. The Kier molecular flexibility index (Phi) is 72.0. The standard InChI is InChI=1S/C81H160NO8P/c1-6-8-10-12-14-16-18-20-22-24-26-28-30-32-34-35-36-37-38-39-40-41-42-43-44-45-46-48-49-51-53-55-57-59-61-63-65-67-69-71-73-80(83)87-77-79(78-89-91(85,86)88-76-75-82(3,4)5)90-81(84)74-72-70-68-66-64-62-60-58-56-54-52-50-47-33-31-29-27-25-23-21-19-17-15-13-11-9-7-2/h25,27,79H,6-24,26,28-78H2,1-5H3/b27-25-. The summed E-state index contributed by atoms with van der Waals surface area (Å²) in [5, 5.41) is 0. The molecule has 91 heavy (non-hydrogen) atoms. The lowest BCUT2D eigenvalue weighted by molar-refractivity contribution is -0.870. The number of carbonyl (C=O) groups is 2.